The number of carbonyl (C=O) groups is 1. The fourth-order valence-corrected chi connectivity index (χ4v) is 3.71. The molecule has 7 nitrogen and oxygen atoms in total. The van der Waals surface area contributed by atoms with Crippen molar-refractivity contribution < 1.29 is 4.79 Å². The second-order valence-electron chi connectivity index (χ2n) is 6.74. The topological polar surface area (TPSA) is 75.9 Å². The molecule has 2 aromatic heterocycles. The van der Waals surface area contributed by atoms with Crippen LogP contribution in [0, 0.1) is 0 Å². The van der Waals surface area contributed by atoms with Crippen LogP contribution in [0.15, 0.2) is 37.5 Å². The molecule has 26 heavy (non-hydrogen) atoms. The van der Waals surface area contributed by atoms with Crippen LogP contribution < -0.4 is 5.32 Å². The number of hydrogen-bond acceptors (Lipinski definition) is 5. The summed E-state index contributed by atoms with van der Waals surface area (Å²) in [5.41, 5.74) is 4.26. The number of allylic oxidation sites excluding steroid dienone is 1. The average Bonchev–Trinajstić information content (AvgIpc) is 3.28. The van der Waals surface area contributed by atoms with Crippen LogP contribution in [0.2, 0.25) is 0 Å². The number of piperidine rings is 1. The third-order valence-electron chi connectivity index (χ3n) is 4.96. The highest BCUT2D eigenvalue weighted by Crippen LogP contribution is 2.36. The lowest BCUT2D eigenvalue weighted by Gasteiger charge is -2.33. The van der Waals surface area contributed by atoms with E-state index in [-0.39, 0.29) is 11.9 Å². The monoisotopic (exact) mass is 350 g/mol. The summed E-state index contributed by atoms with van der Waals surface area (Å²) in [7, 11) is 1.91. The summed E-state index contributed by atoms with van der Waals surface area (Å²) in [6, 6.07) is 0.169. The highest BCUT2D eigenvalue weighted by atomic mass is 16.2. The van der Waals surface area contributed by atoms with E-state index in [1.54, 1.807) is 11.0 Å². The zero-order valence-corrected chi connectivity index (χ0v) is 14.9. The molecule has 0 saturated carbocycles. The maximum absolute atomic E-state index is 11.9. The van der Waals surface area contributed by atoms with Gasteiger partial charge in [-0.1, -0.05) is 12.7 Å². The highest BCUT2D eigenvalue weighted by Gasteiger charge is 2.26. The number of nitrogens with zero attached hydrogens (tertiary/aromatic N) is 5. The minimum Gasteiger partial charge on any atom is -0.365 e. The first-order valence-electron chi connectivity index (χ1n) is 8.87. The van der Waals surface area contributed by atoms with E-state index in [9.17, 15) is 4.79 Å². The lowest BCUT2D eigenvalue weighted by Crippen LogP contribution is -2.44. The van der Waals surface area contributed by atoms with Gasteiger partial charge in [0.15, 0.2) is 0 Å². The summed E-state index contributed by atoms with van der Waals surface area (Å²) >= 11 is 0. The zero-order valence-electron chi connectivity index (χ0n) is 14.9. The van der Waals surface area contributed by atoms with Crippen molar-refractivity contribution in [2.75, 3.05) is 18.4 Å². The van der Waals surface area contributed by atoms with Crippen molar-refractivity contribution in [3.05, 3.63) is 54.3 Å². The number of rotatable bonds is 4. The Labute approximate surface area is 152 Å². The van der Waals surface area contributed by atoms with Gasteiger partial charge in [-0.15, -0.1) is 0 Å². The van der Waals surface area contributed by atoms with Gasteiger partial charge in [-0.05, 0) is 24.5 Å². The lowest BCUT2D eigenvalue weighted by molar-refractivity contribution is -0.127. The number of likely N-dealkylation sites (tertiary alicyclic amines) is 1. The first kappa shape index (κ1) is 16.5. The maximum atomic E-state index is 11.9. The summed E-state index contributed by atoms with van der Waals surface area (Å²) in [4.78, 5) is 22.7. The predicted octanol–water partition coefficient (Wildman–Crippen LogP) is 1.79. The van der Waals surface area contributed by atoms with E-state index in [1.807, 2.05) is 24.3 Å². The maximum Gasteiger partial charge on any atom is 0.246 e. The van der Waals surface area contributed by atoms with Crippen molar-refractivity contribution in [1.29, 1.82) is 0 Å². The van der Waals surface area contributed by atoms with Crippen LogP contribution >= 0.6 is 0 Å². The Hall–Kier alpha value is -2.96. The van der Waals surface area contributed by atoms with Gasteiger partial charge in [0.25, 0.3) is 0 Å². The second kappa shape index (κ2) is 6.74. The molecule has 4 rings (SSSR count). The smallest absolute Gasteiger partial charge is 0.246 e. The van der Waals surface area contributed by atoms with Gasteiger partial charge in [0.1, 0.15) is 12.1 Å². The summed E-state index contributed by atoms with van der Waals surface area (Å²) in [5.74, 6) is 0.820. The molecule has 2 aliphatic rings. The Balaban J connectivity index is 1.59. The number of carbonyl (C=O) groups excluding carboxylic acids is 1. The molecule has 1 aliphatic carbocycles. The van der Waals surface area contributed by atoms with E-state index in [1.165, 1.54) is 6.08 Å². The molecule has 134 valence electrons. The van der Waals surface area contributed by atoms with E-state index in [4.69, 9.17) is 0 Å². The molecule has 7 heteroatoms. The Morgan fingerprint density at radius 1 is 1.42 bits per heavy atom. The molecular formula is C19H22N6O. The van der Waals surface area contributed by atoms with Gasteiger partial charge in [0.2, 0.25) is 5.91 Å². The molecule has 0 spiro atoms. The summed E-state index contributed by atoms with van der Waals surface area (Å²) in [6.45, 7) is 5.04. The minimum absolute atomic E-state index is 0.0136. The second-order valence-corrected chi connectivity index (χ2v) is 6.74. The fourth-order valence-electron chi connectivity index (χ4n) is 3.71. The van der Waals surface area contributed by atoms with Gasteiger partial charge < -0.3 is 10.2 Å². The van der Waals surface area contributed by atoms with Crippen molar-refractivity contribution in [3.63, 3.8) is 0 Å². The Morgan fingerprint density at radius 3 is 3.08 bits per heavy atom. The van der Waals surface area contributed by atoms with Crippen LogP contribution in [0.1, 0.15) is 29.7 Å². The normalized spacial score (nSPS) is 19.0. The van der Waals surface area contributed by atoms with Crippen molar-refractivity contribution in [2.45, 2.75) is 25.3 Å². The molecule has 3 heterocycles. The SMILES string of the molecule is C=CC(=O)N1CCC[C@@H](Nc2ncnc3c2C(c2cnn(C)c2)=CC3)C1. The van der Waals surface area contributed by atoms with E-state index >= 15 is 0 Å². The van der Waals surface area contributed by atoms with Crippen molar-refractivity contribution >= 4 is 17.3 Å². The largest absolute Gasteiger partial charge is 0.365 e. The number of nitrogens with one attached hydrogen (secondary N) is 1. The number of amides is 1. The number of hydrogen-bond donors (Lipinski definition) is 1. The third kappa shape index (κ3) is 3.00. The van der Waals surface area contributed by atoms with Crippen LogP contribution in [0.3, 0.4) is 0 Å². The summed E-state index contributed by atoms with van der Waals surface area (Å²) < 4.78 is 1.80. The van der Waals surface area contributed by atoms with Crippen molar-refractivity contribution in [1.82, 2.24) is 24.6 Å². The molecule has 1 atom stereocenters. The molecule has 2 aromatic rings. The van der Waals surface area contributed by atoms with Crippen molar-refractivity contribution in [3.8, 4) is 0 Å². The molecule has 0 aromatic carbocycles. The van der Waals surface area contributed by atoms with Gasteiger partial charge in [0, 0.05) is 49.9 Å². The molecule has 1 fully saturated rings. The number of aryl methyl sites for hydroxylation is 1. The standard InChI is InChI=1S/C19H22N6O/c1-3-17(26)25-8-4-5-14(11-25)23-19-18-15(13-9-22-24(2)10-13)6-7-16(18)20-12-21-19/h3,6,9-10,12,14H,1,4-5,7-8,11H2,2H3,(H,20,21,23)/t14-/m1/s1. The minimum atomic E-state index is -0.0136. The van der Waals surface area contributed by atoms with E-state index < -0.39 is 0 Å². The average molecular weight is 350 g/mol. The summed E-state index contributed by atoms with van der Waals surface area (Å²) in [6.07, 6.45) is 11.8. The molecule has 0 bridgehead atoms. The van der Waals surface area contributed by atoms with Gasteiger partial charge in [0.05, 0.1) is 11.9 Å². The van der Waals surface area contributed by atoms with E-state index in [2.05, 4.69) is 33.0 Å². The van der Waals surface area contributed by atoms with Gasteiger partial charge in [-0.25, -0.2) is 9.97 Å². The number of fused-ring (bicyclic) bond motifs is 1. The molecule has 1 amide bonds. The Bertz CT molecular complexity index is 884. The number of aromatic nitrogens is 4. The first-order valence-corrected chi connectivity index (χ1v) is 8.87. The van der Waals surface area contributed by atoms with Crippen LogP contribution in [-0.2, 0) is 18.3 Å². The van der Waals surface area contributed by atoms with Gasteiger partial charge >= 0.3 is 0 Å². The third-order valence-corrected chi connectivity index (χ3v) is 4.96. The Morgan fingerprint density at radius 2 is 2.31 bits per heavy atom. The molecule has 0 unspecified atom stereocenters. The van der Waals surface area contributed by atoms with Crippen LogP contribution in [0.25, 0.3) is 5.57 Å². The molecule has 1 aliphatic heterocycles. The molecular weight excluding hydrogens is 328 g/mol. The van der Waals surface area contributed by atoms with Crippen molar-refractivity contribution in [2.24, 2.45) is 7.05 Å². The molecule has 1 N–H and O–H groups in total. The quantitative estimate of drug-likeness (QED) is 0.851. The zero-order chi connectivity index (χ0) is 18.1. The van der Waals surface area contributed by atoms with E-state index in [0.29, 0.717) is 6.54 Å². The lowest BCUT2D eigenvalue weighted by atomic mass is 10.0. The van der Waals surface area contributed by atoms with Crippen LogP contribution in [0.4, 0.5) is 5.82 Å². The van der Waals surface area contributed by atoms with Crippen LogP contribution in [0.5, 0.6) is 0 Å². The van der Waals surface area contributed by atoms with Crippen LogP contribution in [-0.4, -0.2) is 49.7 Å². The molecule has 1 saturated heterocycles. The molecule has 0 radical (unpaired) electrons. The number of anilines is 1. The Kier molecular flexibility index (Phi) is 4.28. The fraction of sp³-hybridized carbons (Fsp3) is 0.368. The summed E-state index contributed by atoms with van der Waals surface area (Å²) in [5, 5.41) is 7.83. The van der Waals surface area contributed by atoms with Gasteiger partial charge in [-0.3, -0.25) is 9.48 Å². The van der Waals surface area contributed by atoms with E-state index in [0.717, 1.165) is 54.0 Å². The van der Waals surface area contributed by atoms with Gasteiger partial charge in [-0.2, -0.15) is 5.10 Å². The highest BCUT2D eigenvalue weighted by molar-refractivity contribution is 5.89. The predicted molar refractivity (Wildman–Crippen MR) is 99.4 cm³/mol. The first-order chi connectivity index (χ1) is 12.7.